The Labute approximate surface area is 63.2 Å². The zero-order valence-corrected chi connectivity index (χ0v) is 5.73. The zero-order valence-electron chi connectivity index (χ0n) is 5.73. The van der Waals surface area contributed by atoms with E-state index in [2.05, 4.69) is 15.0 Å². The van der Waals surface area contributed by atoms with Crippen LogP contribution in [0, 0.1) is 0 Å². The summed E-state index contributed by atoms with van der Waals surface area (Å²) in [7, 11) is 0. The summed E-state index contributed by atoms with van der Waals surface area (Å²) in [4.78, 5) is 11.1. The van der Waals surface area contributed by atoms with Gasteiger partial charge >= 0.3 is 0 Å². The molecule has 11 heavy (non-hydrogen) atoms. The van der Waals surface area contributed by atoms with Crippen LogP contribution in [0.1, 0.15) is 0 Å². The lowest BCUT2D eigenvalue weighted by Crippen LogP contribution is -2.22. The van der Waals surface area contributed by atoms with Crippen LogP contribution in [0.15, 0.2) is 17.3 Å². The van der Waals surface area contributed by atoms with Gasteiger partial charge in [0.2, 0.25) is 0 Å². The van der Waals surface area contributed by atoms with Crippen LogP contribution in [0.5, 0.6) is 0 Å². The predicted molar refractivity (Wildman–Crippen MR) is 41.9 cm³/mol. The predicted octanol–water partition coefficient (Wildman–Crippen LogP) is -1.04. The van der Waals surface area contributed by atoms with E-state index in [1.807, 2.05) is 0 Å². The van der Waals surface area contributed by atoms with Crippen molar-refractivity contribution >= 4 is 17.7 Å². The van der Waals surface area contributed by atoms with Gasteiger partial charge in [-0.2, -0.15) is 9.98 Å². The van der Waals surface area contributed by atoms with Gasteiger partial charge in [0.1, 0.15) is 5.82 Å². The number of nitrogens with zero attached hydrogens (tertiary/aromatic N) is 3. The highest BCUT2D eigenvalue weighted by molar-refractivity contribution is 5.77. The van der Waals surface area contributed by atoms with Crippen LogP contribution in [0.3, 0.4) is 0 Å². The minimum Gasteiger partial charge on any atom is -0.384 e. The van der Waals surface area contributed by atoms with Gasteiger partial charge in [0, 0.05) is 6.20 Å². The standard InChI is InChI=1S/C5H8N6/c6-3-1-2-9-5(10-3)11-4(7)8/h1-2H,(H6,6,7,8,9,10,11). The van der Waals surface area contributed by atoms with Gasteiger partial charge < -0.3 is 17.2 Å². The van der Waals surface area contributed by atoms with Crippen molar-refractivity contribution in [2.75, 3.05) is 5.73 Å². The lowest BCUT2D eigenvalue weighted by Gasteiger charge is -1.93. The molecule has 1 aromatic heterocycles. The van der Waals surface area contributed by atoms with E-state index in [1.165, 1.54) is 6.20 Å². The van der Waals surface area contributed by atoms with Crippen molar-refractivity contribution in [3.63, 3.8) is 0 Å². The molecule has 0 aliphatic rings. The highest BCUT2D eigenvalue weighted by Crippen LogP contribution is 2.03. The Bertz CT molecular complexity index is 276. The Morgan fingerprint density at radius 1 is 1.45 bits per heavy atom. The lowest BCUT2D eigenvalue weighted by atomic mass is 10.6. The molecule has 6 N–H and O–H groups in total. The highest BCUT2D eigenvalue weighted by Gasteiger charge is 1.92. The molecule has 0 aromatic carbocycles. The number of anilines is 1. The third kappa shape index (κ3) is 2.09. The fourth-order valence-electron chi connectivity index (χ4n) is 0.531. The maximum Gasteiger partial charge on any atom is 0.254 e. The molecule has 0 radical (unpaired) electrons. The van der Waals surface area contributed by atoms with E-state index in [4.69, 9.17) is 17.2 Å². The molecule has 0 spiro atoms. The monoisotopic (exact) mass is 152 g/mol. The van der Waals surface area contributed by atoms with Crippen molar-refractivity contribution in [3.05, 3.63) is 12.3 Å². The number of nitrogens with two attached hydrogens (primary N) is 3. The molecule has 0 aliphatic heterocycles. The van der Waals surface area contributed by atoms with Gasteiger partial charge in [-0.1, -0.05) is 0 Å². The first-order valence-electron chi connectivity index (χ1n) is 2.86. The summed E-state index contributed by atoms with van der Waals surface area (Å²) in [5.74, 6) is 0.417. The van der Waals surface area contributed by atoms with Gasteiger partial charge in [-0.15, -0.1) is 0 Å². The zero-order chi connectivity index (χ0) is 8.27. The van der Waals surface area contributed by atoms with Crippen LogP contribution in [0.4, 0.5) is 11.8 Å². The number of nitrogen functional groups attached to an aromatic ring is 1. The summed E-state index contributed by atoms with van der Waals surface area (Å²) >= 11 is 0. The molecule has 6 nitrogen and oxygen atoms in total. The number of aliphatic imine (C=N–C) groups is 1. The largest absolute Gasteiger partial charge is 0.384 e. The normalized spacial score (nSPS) is 9.09. The van der Waals surface area contributed by atoms with Crippen LogP contribution in [-0.4, -0.2) is 15.9 Å². The summed E-state index contributed by atoms with van der Waals surface area (Å²) in [6.45, 7) is 0. The number of rotatable bonds is 1. The summed E-state index contributed by atoms with van der Waals surface area (Å²) in [6.07, 6.45) is 1.48. The molecule has 0 unspecified atom stereocenters. The average Bonchev–Trinajstić information content (AvgIpc) is 1.85. The van der Waals surface area contributed by atoms with Gasteiger partial charge in [0.25, 0.3) is 5.95 Å². The summed E-state index contributed by atoms with van der Waals surface area (Å²) < 4.78 is 0. The SMILES string of the molecule is NC(N)=Nc1nccc(N)n1. The smallest absolute Gasteiger partial charge is 0.254 e. The van der Waals surface area contributed by atoms with E-state index in [0.717, 1.165) is 0 Å². The van der Waals surface area contributed by atoms with E-state index in [-0.39, 0.29) is 11.9 Å². The second-order valence-electron chi connectivity index (χ2n) is 1.82. The van der Waals surface area contributed by atoms with E-state index in [1.54, 1.807) is 6.07 Å². The molecule has 0 saturated carbocycles. The molecule has 0 aliphatic carbocycles. The number of hydrogen-bond donors (Lipinski definition) is 3. The van der Waals surface area contributed by atoms with Crippen LogP contribution in [0.25, 0.3) is 0 Å². The van der Waals surface area contributed by atoms with Crippen molar-refractivity contribution in [3.8, 4) is 0 Å². The third-order valence-electron chi connectivity index (χ3n) is 0.894. The first-order chi connectivity index (χ1) is 5.18. The van der Waals surface area contributed by atoms with Crippen LogP contribution >= 0.6 is 0 Å². The average molecular weight is 152 g/mol. The van der Waals surface area contributed by atoms with Crippen LogP contribution < -0.4 is 17.2 Å². The van der Waals surface area contributed by atoms with E-state index < -0.39 is 0 Å². The van der Waals surface area contributed by atoms with Crippen molar-refractivity contribution in [1.82, 2.24) is 9.97 Å². The third-order valence-corrected chi connectivity index (χ3v) is 0.894. The van der Waals surface area contributed by atoms with Gasteiger partial charge in [-0.05, 0) is 6.07 Å². The quantitative estimate of drug-likeness (QED) is 0.351. The molecule has 58 valence electrons. The van der Waals surface area contributed by atoms with Gasteiger partial charge in [-0.25, -0.2) is 4.98 Å². The number of aromatic nitrogens is 2. The molecule has 1 aromatic rings. The van der Waals surface area contributed by atoms with E-state index >= 15 is 0 Å². The molecule has 0 amide bonds. The van der Waals surface area contributed by atoms with Crippen molar-refractivity contribution in [2.24, 2.45) is 16.5 Å². The molecular formula is C5H8N6. The Balaban J connectivity index is 2.97. The molecule has 1 heterocycles. The van der Waals surface area contributed by atoms with Crippen molar-refractivity contribution in [1.29, 1.82) is 0 Å². The molecule has 0 fully saturated rings. The van der Waals surface area contributed by atoms with Gasteiger partial charge in [0.15, 0.2) is 5.96 Å². The minimum atomic E-state index is -0.0874. The van der Waals surface area contributed by atoms with Crippen LogP contribution in [0.2, 0.25) is 0 Å². The second-order valence-corrected chi connectivity index (χ2v) is 1.82. The number of hydrogen-bond acceptors (Lipinski definition) is 4. The molecule has 0 atom stereocenters. The summed E-state index contributed by atoms with van der Waals surface area (Å²) in [5, 5.41) is 0. The maximum absolute atomic E-state index is 5.33. The minimum absolute atomic E-state index is 0.0874. The Morgan fingerprint density at radius 3 is 2.73 bits per heavy atom. The molecule has 0 saturated heterocycles. The van der Waals surface area contributed by atoms with E-state index in [0.29, 0.717) is 5.82 Å². The second kappa shape index (κ2) is 2.82. The van der Waals surface area contributed by atoms with Gasteiger partial charge in [0.05, 0.1) is 0 Å². The van der Waals surface area contributed by atoms with E-state index in [9.17, 15) is 0 Å². The molecule has 0 bridgehead atoms. The first kappa shape index (κ1) is 7.26. The summed E-state index contributed by atoms with van der Waals surface area (Å²) in [6, 6.07) is 1.55. The highest BCUT2D eigenvalue weighted by atomic mass is 15.1. The van der Waals surface area contributed by atoms with Crippen molar-refractivity contribution in [2.45, 2.75) is 0 Å². The first-order valence-corrected chi connectivity index (χ1v) is 2.86. The van der Waals surface area contributed by atoms with Crippen LogP contribution in [-0.2, 0) is 0 Å². The Kier molecular flexibility index (Phi) is 1.86. The van der Waals surface area contributed by atoms with Gasteiger partial charge in [-0.3, -0.25) is 0 Å². The fraction of sp³-hybridized carbons (Fsp3) is 0. The lowest BCUT2D eigenvalue weighted by molar-refractivity contribution is 1.14. The van der Waals surface area contributed by atoms with Crippen molar-refractivity contribution < 1.29 is 0 Å². The Morgan fingerprint density at radius 2 is 2.18 bits per heavy atom. The molecular weight excluding hydrogens is 144 g/mol. The Hall–Kier alpha value is -1.85. The molecule has 1 rings (SSSR count). The molecule has 6 heteroatoms. The number of guanidine groups is 1. The summed E-state index contributed by atoms with van der Waals surface area (Å²) in [5.41, 5.74) is 15.5. The fourth-order valence-corrected chi connectivity index (χ4v) is 0.531. The maximum atomic E-state index is 5.33. The topological polar surface area (TPSA) is 116 Å².